The number of amides is 1. The number of carbonyl (C=O) groups excluding carboxylic acids is 1. The second-order valence-electron chi connectivity index (χ2n) is 6.20. The third-order valence-electron chi connectivity index (χ3n) is 3.95. The van der Waals surface area contributed by atoms with Gasteiger partial charge in [0, 0.05) is 25.8 Å². The van der Waals surface area contributed by atoms with Gasteiger partial charge < -0.3 is 19.5 Å². The minimum Gasteiger partial charge on any atom is -0.496 e. The summed E-state index contributed by atoms with van der Waals surface area (Å²) in [6.07, 6.45) is 1.04. The van der Waals surface area contributed by atoms with Gasteiger partial charge in [0.1, 0.15) is 5.75 Å². The molecule has 0 saturated carbocycles. The number of thioether (sulfide) groups is 1. The Morgan fingerprint density at radius 3 is 2.81 bits per heavy atom. The van der Waals surface area contributed by atoms with Crippen molar-refractivity contribution in [3.63, 3.8) is 0 Å². The van der Waals surface area contributed by atoms with E-state index < -0.39 is 0 Å². The van der Waals surface area contributed by atoms with Crippen molar-refractivity contribution in [2.45, 2.75) is 24.5 Å². The van der Waals surface area contributed by atoms with Crippen LogP contribution in [0.1, 0.15) is 17.8 Å². The number of nitrogens with zero attached hydrogens (tertiary/aromatic N) is 4. The standard InChI is InChI=1S/C18H27N5O2S/c1-22(2)11-12-26-18-21-20-16(23(18)3)13-19-17(24)10-9-14-7-5-6-8-15(14)25-4/h5-8H,9-13H2,1-4H3,(H,19,24). The van der Waals surface area contributed by atoms with Gasteiger partial charge in [-0.15, -0.1) is 10.2 Å². The highest BCUT2D eigenvalue weighted by molar-refractivity contribution is 7.99. The van der Waals surface area contributed by atoms with Gasteiger partial charge in [0.15, 0.2) is 11.0 Å². The molecule has 0 spiro atoms. The molecule has 142 valence electrons. The van der Waals surface area contributed by atoms with Crippen molar-refractivity contribution in [3.8, 4) is 5.75 Å². The molecule has 0 aliphatic heterocycles. The molecule has 26 heavy (non-hydrogen) atoms. The van der Waals surface area contributed by atoms with Crippen molar-refractivity contribution in [2.24, 2.45) is 7.05 Å². The van der Waals surface area contributed by atoms with Gasteiger partial charge in [0.25, 0.3) is 0 Å². The molecule has 1 heterocycles. The quantitative estimate of drug-likeness (QED) is 0.636. The fraction of sp³-hybridized carbons (Fsp3) is 0.500. The molecule has 1 aromatic heterocycles. The number of para-hydroxylation sites is 1. The van der Waals surface area contributed by atoms with Gasteiger partial charge >= 0.3 is 0 Å². The summed E-state index contributed by atoms with van der Waals surface area (Å²) in [6, 6.07) is 7.75. The molecule has 0 aliphatic rings. The first-order valence-electron chi connectivity index (χ1n) is 8.55. The summed E-state index contributed by atoms with van der Waals surface area (Å²) < 4.78 is 7.25. The van der Waals surface area contributed by atoms with E-state index in [0.717, 1.165) is 34.6 Å². The zero-order valence-corrected chi connectivity index (χ0v) is 16.7. The zero-order valence-electron chi connectivity index (χ0n) is 15.9. The topological polar surface area (TPSA) is 72.3 Å². The molecule has 1 aromatic carbocycles. The van der Waals surface area contributed by atoms with Crippen LogP contribution in [-0.2, 0) is 24.8 Å². The number of aromatic nitrogens is 3. The lowest BCUT2D eigenvalue weighted by molar-refractivity contribution is -0.121. The molecule has 0 aliphatic carbocycles. The van der Waals surface area contributed by atoms with Gasteiger partial charge in [-0.3, -0.25) is 4.79 Å². The lowest BCUT2D eigenvalue weighted by Crippen LogP contribution is -2.24. The molecule has 2 rings (SSSR count). The lowest BCUT2D eigenvalue weighted by atomic mass is 10.1. The molecule has 7 nitrogen and oxygen atoms in total. The van der Waals surface area contributed by atoms with Crippen LogP contribution in [-0.4, -0.2) is 59.1 Å². The Balaban J connectivity index is 1.79. The third kappa shape index (κ3) is 6.03. The number of nitrogens with one attached hydrogen (secondary N) is 1. The van der Waals surface area contributed by atoms with E-state index in [2.05, 4.69) is 20.4 Å². The highest BCUT2D eigenvalue weighted by atomic mass is 32.2. The zero-order chi connectivity index (χ0) is 18.9. The fourth-order valence-corrected chi connectivity index (χ4v) is 3.40. The van der Waals surface area contributed by atoms with Crippen LogP contribution in [0, 0.1) is 0 Å². The smallest absolute Gasteiger partial charge is 0.220 e. The van der Waals surface area contributed by atoms with E-state index in [0.29, 0.717) is 19.4 Å². The van der Waals surface area contributed by atoms with Crippen molar-refractivity contribution < 1.29 is 9.53 Å². The SMILES string of the molecule is COc1ccccc1CCC(=O)NCc1nnc(SCCN(C)C)n1C. The summed E-state index contributed by atoms with van der Waals surface area (Å²) >= 11 is 1.66. The van der Waals surface area contributed by atoms with Gasteiger partial charge in [-0.25, -0.2) is 0 Å². The Morgan fingerprint density at radius 1 is 1.31 bits per heavy atom. The summed E-state index contributed by atoms with van der Waals surface area (Å²) in [6.45, 7) is 1.36. The maximum Gasteiger partial charge on any atom is 0.220 e. The molecular formula is C18H27N5O2S. The predicted octanol–water partition coefficient (Wildman–Crippen LogP) is 1.73. The summed E-state index contributed by atoms with van der Waals surface area (Å²) in [5, 5.41) is 12.2. The molecule has 0 atom stereocenters. The second kappa shape index (κ2) is 10.2. The number of carbonyl (C=O) groups is 1. The highest BCUT2D eigenvalue weighted by Gasteiger charge is 2.11. The van der Waals surface area contributed by atoms with Crippen LogP contribution in [0.4, 0.5) is 0 Å². The van der Waals surface area contributed by atoms with Crippen LogP contribution < -0.4 is 10.1 Å². The molecule has 0 unspecified atom stereocenters. The van der Waals surface area contributed by atoms with Crippen molar-refractivity contribution in [2.75, 3.05) is 33.5 Å². The highest BCUT2D eigenvalue weighted by Crippen LogP contribution is 2.19. The number of ether oxygens (including phenoxy) is 1. The summed E-state index contributed by atoms with van der Waals surface area (Å²) in [5.74, 6) is 2.50. The van der Waals surface area contributed by atoms with Crippen LogP contribution in [0.5, 0.6) is 5.75 Å². The van der Waals surface area contributed by atoms with Crippen LogP contribution in [0.25, 0.3) is 0 Å². The van der Waals surface area contributed by atoms with E-state index in [9.17, 15) is 4.79 Å². The molecular weight excluding hydrogens is 350 g/mol. The summed E-state index contributed by atoms with van der Waals surface area (Å²) in [7, 11) is 7.65. The molecule has 1 amide bonds. The molecule has 0 saturated heterocycles. The molecule has 2 aromatic rings. The Kier molecular flexibility index (Phi) is 7.93. The molecule has 0 fully saturated rings. The number of rotatable bonds is 10. The Bertz CT molecular complexity index is 717. The fourth-order valence-electron chi connectivity index (χ4n) is 2.37. The number of hydrogen-bond acceptors (Lipinski definition) is 6. The normalized spacial score (nSPS) is 11.0. The first-order chi connectivity index (χ1) is 12.5. The van der Waals surface area contributed by atoms with Crippen LogP contribution in [0.3, 0.4) is 0 Å². The molecule has 1 N–H and O–H groups in total. The van der Waals surface area contributed by atoms with Crippen molar-refractivity contribution in [1.82, 2.24) is 25.0 Å². The molecule has 0 bridgehead atoms. The first kappa shape index (κ1) is 20.3. The second-order valence-corrected chi connectivity index (χ2v) is 7.26. The van der Waals surface area contributed by atoms with Crippen LogP contribution >= 0.6 is 11.8 Å². The maximum absolute atomic E-state index is 12.1. The predicted molar refractivity (Wildman–Crippen MR) is 103 cm³/mol. The Hall–Kier alpha value is -2.06. The van der Waals surface area contributed by atoms with Crippen molar-refractivity contribution >= 4 is 17.7 Å². The van der Waals surface area contributed by atoms with E-state index in [4.69, 9.17) is 4.74 Å². The number of methoxy groups -OCH3 is 1. The average molecular weight is 378 g/mol. The van der Waals surface area contributed by atoms with Crippen LogP contribution in [0.2, 0.25) is 0 Å². The first-order valence-corrected chi connectivity index (χ1v) is 9.54. The lowest BCUT2D eigenvalue weighted by Gasteiger charge is -2.09. The van der Waals surface area contributed by atoms with Gasteiger partial charge in [-0.05, 0) is 32.1 Å². The number of aryl methyl sites for hydroxylation is 1. The van der Waals surface area contributed by atoms with Crippen molar-refractivity contribution in [1.29, 1.82) is 0 Å². The van der Waals surface area contributed by atoms with Gasteiger partial charge in [0.2, 0.25) is 5.91 Å². The van der Waals surface area contributed by atoms with Gasteiger partial charge in [-0.2, -0.15) is 0 Å². The van der Waals surface area contributed by atoms with Crippen LogP contribution in [0.15, 0.2) is 29.4 Å². The van der Waals surface area contributed by atoms with E-state index >= 15 is 0 Å². The Morgan fingerprint density at radius 2 is 2.08 bits per heavy atom. The monoisotopic (exact) mass is 377 g/mol. The van der Waals surface area contributed by atoms with Gasteiger partial charge in [-0.1, -0.05) is 30.0 Å². The minimum atomic E-state index is -0.0132. The Labute approximate surface area is 159 Å². The summed E-state index contributed by atoms with van der Waals surface area (Å²) in [4.78, 5) is 14.3. The average Bonchev–Trinajstić information content (AvgIpc) is 2.98. The largest absolute Gasteiger partial charge is 0.496 e. The minimum absolute atomic E-state index is 0.0132. The van der Waals surface area contributed by atoms with E-state index in [1.807, 2.05) is 50.0 Å². The number of hydrogen-bond donors (Lipinski definition) is 1. The van der Waals surface area contributed by atoms with E-state index in [1.165, 1.54) is 0 Å². The maximum atomic E-state index is 12.1. The van der Waals surface area contributed by atoms with E-state index in [-0.39, 0.29) is 5.91 Å². The van der Waals surface area contributed by atoms with Crippen molar-refractivity contribution in [3.05, 3.63) is 35.7 Å². The molecule has 0 radical (unpaired) electrons. The number of benzene rings is 1. The summed E-state index contributed by atoms with van der Waals surface area (Å²) in [5.41, 5.74) is 1.03. The third-order valence-corrected chi connectivity index (χ3v) is 4.95. The van der Waals surface area contributed by atoms with E-state index in [1.54, 1.807) is 18.9 Å². The molecule has 8 heteroatoms. The van der Waals surface area contributed by atoms with Gasteiger partial charge in [0.05, 0.1) is 13.7 Å².